The average Bonchev–Trinajstić information content (AvgIpc) is 2.96. The highest BCUT2D eigenvalue weighted by Gasteiger charge is 2.43. The van der Waals surface area contributed by atoms with Gasteiger partial charge >= 0.3 is 0 Å². The van der Waals surface area contributed by atoms with E-state index in [1.54, 1.807) is 13.8 Å². The third-order valence-electron chi connectivity index (χ3n) is 5.55. The molecular formula is C16H23N3O4S. The van der Waals surface area contributed by atoms with Crippen molar-refractivity contribution >= 4 is 15.7 Å². The lowest BCUT2D eigenvalue weighted by Gasteiger charge is -2.29. The van der Waals surface area contributed by atoms with Crippen LogP contribution in [0.1, 0.15) is 30.4 Å². The van der Waals surface area contributed by atoms with E-state index in [9.17, 15) is 18.5 Å². The van der Waals surface area contributed by atoms with Gasteiger partial charge in [-0.3, -0.25) is 10.1 Å². The molecule has 1 aliphatic carbocycles. The maximum atomic E-state index is 13.1. The highest BCUT2D eigenvalue weighted by molar-refractivity contribution is 7.89. The van der Waals surface area contributed by atoms with Crippen molar-refractivity contribution < 1.29 is 13.3 Å². The maximum absolute atomic E-state index is 13.1. The number of sulfonamides is 1. The van der Waals surface area contributed by atoms with Gasteiger partial charge < -0.3 is 5.73 Å². The average molecular weight is 353 g/mol. The summed E-state index contributed by atoms with van der Waals surface area (Å²) < 4.78 is 27.7. The number of fused-ring (bicyclic) bond motifs is 1. The van der Waals surface area contributed by atoms with E-state index in [0.717, 1.165) is 19.3 Å². The van der Waals surface area contributed by atoms with Gasteiger partial charge in [0, 0.05) is 31.3 Å². The van der Waals surface area contributed by atoms with Crippen molar-refractivity contribution in [1.29, 1.82) is 0 Å². The molecule has 1 saturated carbocycles. The topological polar surface area (TPSA) is 107 Å². The molecular weight excluding hydrogens is 330 g/mol. The number of nitro groups is 1. The summed E-state index contributed by atoms with van der Waals surface area (Å²) in [5, 5.41) is 11.1. The Hall–Kier alpha value is -1.51. The molecule has 8 heteroatoms. The fraction of sp³-hybridized carbons (Fsp3) is 0.625. The van der Waals surface area contributed by atoms with Gasteiger partial charge in [0.05, 0.1) is 9.82 Å². The lowest BCUT2D eigenvalue weighted by molar-refractivity contribution is -0.385. The molecule has 7 nitrogen and oxygen atoms in total. The van der Waals surface area contributed by atoms with Gasteiger partial charge in [-0.25, -0.2) is 8.42 Å². The van der Waals surface area contributed by atoms with Crippen molar-refractivity contribution in [2.24, 2.45) is 17.6 Å². The first-order valence-electron chi connectivity index (χ1n) is 8.23. The van der Waals surface area contributed by atoms with Crippen LogP contribution in [0.15, 0.2) is 17.0 Å². The van der Waals surface area contributed by atoms with Gasteiger partial charge in [0.2, 0.25) is 10.0 Å². The second-order valence-electron chi connectivity index (χ2n) is 6.98. The minimum Gasteiger partial charge on any atom is -0.327 e. The van der Waals surface area contributed by atoms with Crippen molar-refractivity contribution in [3.05, 3.63) is 33.4 Å². The monoisotopic (exact) mass is 353 g/mol. The van der Waals surface area contributed by atoms with Crippen LogP contribution in [0.4, 0.5) is 5.69 Å². The van der Waals surface area contributed by atoms with E-state index < -0.39 is 14.9 Å². The van der Waals surface area contributed by atoms with E-state index in [1.807, 2.05) is 0 Å². The predicted molar refractivity (Wildman–Crippen MR) is 90.1 cm³/mol. The summed E-state index contributed by atoms with van der Waals surface area (Å²) in [6, 6.07) is 2.63. The smallest absolute Gasteiger partial charge is 0.271 e. The molecule has 0 radical (unpaired) electrons. The van der Waals surface area contributed by atoms with Crippen LogP contribution in [0.25, 0.3) is 0 Å². The molecule has 0 aromatic heterocycles. The van der Waals surface area contributed by atoms with Gasteiger partial charge in [-0.1, -0.05) is 6.42 Å². The summed E-state index contributed by atoms with van der Waals surface area (Å²) in [6.45, 7) is 4.26. The number of nitrogens with zero attached hydrogens (tertiary/aromatic N) is 2. The third kappa shape index (κ3) is 2.82. The van der Waals surface area contributed by atoms with Crippen LogP contribution < -0.4 is 5.73 Å². The summed E-state index contributed by atoms with van der Waals surface area (Å²) in [5.74, 6) is 0.484. The summed E-state index contributed by atoms with van der Waals surface area (Å²) >= 11 is 0. The summed E-state index contributed by atoms with van der Waals surface area (Å²) in [4.78, 5) is 10.6. The number of non-ortho nitro benzene ring substituents is 1. The lowest BCUT2D eigenvalue weighted by Crippen LogP contribution is -2.38. The number of aryl methyl sites for hydroxylation is 1. The molecule has 0 amide bonds. The zero-order valence-electron chi connectivity index (χ0n) is 13.9. The van der Waals surface area contributed by atoms with E-state index in [1.165, 1.54) is 16.4 Å². The van der Waals surface area contributed by atoms with E-state index in [-0.39, 0.29) is 22.5 Å². The molecule has 1 saturated heterocycles. The molecule has 1 heterocycles. The van der Waals surface area contributed by atoms with Crippen molar-refractivity contribution in [3.63, 3.8) is 0 Å². The van der Waals surface area contributed by atoms with Gasteiger partial charge in [-0.2, -0.15) is 4.31 Å². The zero-order chi connectivity index (χ0) is 17.6. The van der Waals surface area contributed by atoms with Crippen LogP contribution >= 0.6 is 0 Å². The van der Waals surface area contributed by atoms with Gasteiger partial charge in [0.25, 0.3) is 5.69 Å². The van der Waals surface area contributed by atoms with Crippen molar-refractivity contribution in [1.82, 2.24) is 4.31 Å². The molecule has 0 bridgehead atoms. The SMILES string of the molecule is Cc1cc([N+](=O)[O-])cc(S(=O)(=O)N2CC3CCCC(N)C3C2)c1C. The number of hydrogen-bond acceptors (Lipinski definition) is 5. The normalized spacial score (nSPS) is 27.9. The maximum Gasteiger partial charge on any atom is 0.271 e. The molecule has 132 valence electrons. The largest absolute Gasteiger partial charge is 0.327 e. The third-order valence-corrected chi connectivity index (χ3v) is 7.51. The molecule has 1 aromatic carbocycles. The van der Waals surface area contributed by atoms with Crippen molar-refractivity contribution in [2.45, 2.75) is 44.0 Å². The van der Waals surface area contributed by atoms with Crippen molar-refractivity contribution in [2.75, 3.05) is 13.1 Å². The van der Waals surface area contributed by atoms with E-state index in [0.29, 0.717) is 30.1 Å². The van der Waals surface area contributed by atoms with Gasteiger partial charge in [-0.05, 0) is 49.7 Å². The van der Waals surface area contributed by atoms with Gasteiger partial charge in [0.15, 0.2) is 0 Å². The van der Waals surface area contributed by atoms with Gasteiger partial charge in [0.1, 0.15) is 0 Å². The predicted octanol–water partition coefficient (Wildman–Crippen LogP) is 1.96. The Kier molecular flexibility index (Phi) is 4.39. The standard InChI is InChI=1S/C16H23N3O4S/c1-10-6-13(19(20)21)7-16(11(10)2)24(22,23)18-8-12-4-3-5-15(17)14(12)9-18/h6-7,12,14-15H,3-5,8-9,17H2,1-2H3. The Labute approximate surface area is 142 Å². The minimum absolute atomic E-state index is 0.0388. The molecule has 3 rings (SSSR count). The lowest BCUT2D eigenvalue weighted by atomic mass is 9.78. The molecule has 2 fully saturated rings. The Morgan fingerprint density at radius 3 is 2.58 bits per heavy atom. The van der Waals surface area contributed by atoms with Crippen LogP contribution in [0.3, 0.4) is 0 Å². The molecule has 0 spiro atoms. The van der Waals surface area contributed by atoms with E-state index in [2.05, 4.69) is 0 Å². The highest BCUT2D eigenvalue weighted by Crippen LogP contribution is 2.39. The number of rotatable bonds is 3. The first-order chi connectivity index (χ1) is 11.2. The summed E-state index contributed by atoms with van der Waals surface area (Å²) in [5.41, 5.74) is 7.16. The first kappa shape index (κ1) is 17.3. The fourth-order valence-electron chi connectivity index (χ4n) is 3.99. The zero-order valence-corrected chi connectivity index (χ0v) is 14.8. The number of nitro benzene ring substituents is 1. The number of hydrogen-bond donors (Lipinski definition) is 1. The molecule has 3 atom stereocenters. The van der Waals surface area contributed by atoms with E-state index >= 15 is 0 Å². The Morgan fingerprint density at radius 2 is 1.96 bits per heavy atom. The fourth-order valence-corrected chi connectivity index (χ4v) is 5.85. The molecule has 24 heavy (non-hydrogen) atoms. The van der Waals surface area contributed by atoms with Crippen LogP contribution in [-0.4, -0.2) is 36.8 Å². The van der Waals surface area contributed by atoms with Crippen molar-refractivity contribution in [3.8, 4) is 0 Å². The molecule has 2 aliphatic rings. The summed E-state index contributed by atoms with van der Waals surface area (Å²) in [6.07, 6.45) is 2.96. The Bertz CT molecular complexity index is 778. The first-order valence-corrected chi connectivity index (χ1v) is 9.67. The number of nitrogens with two attached hydrogens (primary N) is 1. The highest BCUT2D eigenvalue weighted by atomic mass is 32.2. The minimum atomic E-state index is -3.76. The molecule has 3 unspecified atom stereocenters. The Balaban J connectivity index is 1.98. The Morgan fingerprint density at radius 1 is 1.25 bits per heavy atom. The van der Waals surface area contributed by atoms with E-state index in [4.69, 9.17) is 5.73 Å². The van der Waals surface area contributed by atoms with Gasteiger partial charge in [-0.15, -0.1) is 0 Å². The van der Waals surface area contributed by atoms with Crippen LogP contribution in [-0.2, 0) is 10.0 Å². The van der Waals surface area contributed by atoms with Crippen LogP contribution in [0.2, 0.25) is 0 Å². The van der Waals surface area contributed by atoms with Crippen LogP contribution in [0.5, 0.6) is 0 Å². The molecule has 1 aliphatic heterocycles. The summed E-state index contributed by atoms with van der Waals surface area (Å²) in [7, 11) is -3.76. The second-order valence-corrected chi connectivity index (χ2v) is 8.89. The second kappa shape index (κ2) is 6.09. The molecule has 2 N–H and O–H groups in total. The van der Waals surface area contributed by atoms with Crippen LogP contribution in [0, 0.1) is 35.8 Å². The molecule has 1 aromatic rings. The quantitative estimate of drug-likeness (QED) is 0.660. The number of benzene rings is 1.